The number of aryl methyl sites for hydroxylation is 1. The Hall–Kier alpha value is -2.16. The van der Waals surface area contributed by atoms with Gasteiger partial charge in [0.25, 0.3) is 0 Å². The van der Waals surface area contributed by atoms with Crippen molar-refractivity contribution >= 4 is 11.7 Å². The zero-order chi connectivity index (χ0) is 13.9. The molecule has 98 valence electrons. The highest BCUT2D eigenvalue weighted by Gasteiger charge is 2.29. The number of hydrogen-bond acceptors (Lipinski definition) is 2. The lowest BCUT2D eigenvalue weighted by Crippen LogP contribution is -2.34. The van der Waals surface area contributed by atoms with Gasteiger partial charge >= 0.3 is 0 Å². The van der Waals surface area contributed by atoms with Gasteiger partial charge in [0.1, 0.15) is 5.82 Å². The van der Waals surface area contributed by atoms with E-state index in [0.29, 0.717) is 5.82 Å². The molecule has 0 radical (unpaired) electrons. The largest absolute Gasteiger partial charge is 0.310 e. The van der Waals surface area contributed by atoms with E-state index in [1.807, 2.05) is 63.2 Å². The van der Waals surface area contributed by atoms with E-state index in [2.05, 4.69) is 10.3 Å². The number of nitrogens with zero attached hydrogens (tertiary/aromatic N) is 1. The number of benzene rings is 1. The third kappa shape index (κ3) is 2.99. The number of anilines is 1. The lowest BCUT2D eigenvalue weighted by atomic mass is 9.84. The van der Waals surface area contributed by atoms with Crippen LogP contribution in [0.1, 0.15) is 25.1 Å². The molecule has 0 atom stereocenters. The van der Waals surface area contributed by atoms with Crippen LogP contribution in [-0.4, -0.2) is 10.9 Å². The highest BCUT2D eigenvalue weighted by molar-refractivity contribution is 5.97. The zero-order valence-electron chi connectivity index (χ0n) is 11.5. The smallest absolute Gasteiger partial charge is 0.235 e. The zero-order valence-corrected chi connectivity index (χ0v) is 11.5. The summed E-state index contributed by atoms with van der Waals surface area (Å²) in [6.45, 7) is 5.72. The van der Waals surface area contributed by atoms with Crippen LogP contribution in [0.5, 0.6) is 0 Å². The minimum Gasteiger partial charge on any atom is -0.310 e. The Morgan fingerprint density at radius 3 is 2.37 bits per heavy atom. The van der Waals surface area contributed by atoms with Gasteiger partial charge in [-0.1, -0.05) is 36.4 Å². The van der Waals surface area contributed by atoms with E-state index in [1.165, 1.54) is 0 Å². The van der Waals surface area contributed by atoms with Gasteiger partial charge in [-0.15, -0.1) is 0 Å². The molecule has 2 rings (SSSR count). The monoisotopic (exact) mass is 254 g/mol. The number of hydrogen-bond donors (Lipinski definition) is 1. The maximum absolute atomic E-state index is 12.4. The molecule has 3 nitrogen and oxygen atoms in total. The van der Waals surface area contributed by atoms with Gasteiger partial charge in [-0.3, -0.25) is 4.79 Å². The Morgan fingerprint density at radius 1 is 1.05 bits per heavy atom. The minimum absolute atomic E-state index is 0.0585. The number of pyridine rings is 1. The summed E-state index contributed by atoms with van der Waals surface area (Å²) < 4.78 is 0. The van der Waals surface area contributed by atoms with Crippen molar-refractivity contribution in [2.75, 3.05) is 5.32 Å². The molecule has 1 aromatic carbocycles. The molecule has 0 bridgehead atoms. The van der Waals surface area contributed by atoms with Crippen molar-refractivity contribution in [3.8, 4) is 0 Å². The van der Waals surface area contributed by atoms with Crippen molar-refractivity contribution in [1.82, 2.24) is 4.98 Å². The number of nitrogens with one attached hydrogen (secondary N) is 1. The molecule has 0 aliphatic carbocycles. The number of amides is 1. The van der Waals surface area contributed by atoms with Gasteiger partial charge in [-0.25, -0.2) is 4.98 Å². The second kappa shape index (κ2) is 5.22. The van der Waals surface area contributed by atoms with E-state index in [1.54, 1.807) is 6.07 Å². The van der Waals surface area contributed by atoms with Crippen molar-refractivity contribution in [2.45, 2.75) is 26.2 Å². The number of carbonyl (C=O) groups is 1. The summed E-state index contributed by atoms with van der Waals surface area (Å²) in [6, 6.07) is 15.3. The fraction of sp³-hybridized carbons (Fsp3) is 0.250. The Balaban J connectivity index is 2.20. The molecule has 0 aliphatic heterocycles. The Kier molecular flexibility index (Phi) is 3.65. The van der Waals surface area contributed by atoms with E-state index >= 15 is 0 Å². The lowest BCUT2D eigenvalue weighted by Gasteiger charge is -2.23. The SMILES string of the molecule is Cc1cccc(NC(=O)C(C)(C)c2ccccc2)n1. The Labute approximate surface area is 113 Å². The van der Waals surface area contributed by atoms with Gasteiger partial charge in [0.05, 0.1) is 5.41 Å². The maximum Gasteiger partial charge on any atom is 0.235 e. The summed E-state index contributed by atoms with van der Waals surface area (Å²) in [5.41, 5.74) is 1.28. The molecule has 1 amide bonds. The quantitative estimate of drug-likeness (QED) is 0.913. The molecule has 19 heavy (non-hydrogen) atoms. The van der Waals surface area contributed by atoms with E-state index in [-0.39, 0.29) is 5.91 Å². The van der Waals surface area contributed by atoms with E-state index < -0.39 is 5.41 Å². The van der Waals surface area contributed by atoms with Gasteiger partial charge in [0.2, 0.25) is 5.91 Å². The summed E-state index contributed by atoms with van der Waals surface area (Å²) >= 11 is 0. The van der Waals surface area contributed by atoms with E-state index in [0.717, 1.165) is 11.3 Å². The first-order valence-corrected chi connectivity index (χ1v) is 6.31. The standard InChI is InChI=1S/C16H18N2O/c1-12-8-7-11-14(17-12)18-15(19)16(2,3)13-9-5-4-6-10-13/h4-11H,1-3H3,(H,17,18,19). The van der Waals surface area contributed by atoms with Crippen LogP contribution in [0.2, 0.25) is 0 Å². The van der Waals surface area contributed by atoms with Crippen LogP contribution in [0.15, 0.2) is 48.5 Å². The second-order valence-corrected chi connectivity index (χ2v) is 5.11. The molecule has 0 saturated carbocycles. The van der Waals surface area contributed by atoms with Crippen molar-refractivity contribution in [2.24, 2.45) is 0 Å². The molecular formula is C16H18N2O. The first-order chi connectivity index (χ1) is 9.00. The summed E-state index contributed by atoms with van der Waals surface area (Å²) in [7, 11) is 0. The summed E-state index contributed by atoms with van der Waals surface area (Å²) in [5.74, 6) is 0.533. The van der Waals surface area contributed by atoms with Gasteiger partial charge in [0.15, 0.2) is 0 Å². The topological polar surface area (TPSA) is 42.0 Å². The van der Waals surface area contributed by atoms with E-state index in [9.17, 15) is 4.79 Å². The molecule has 1 N–H and O–H groups in total. The third-order valence-corrected chi connectivity index (χ3v) is 3.19. The Bertz CT molecular complexity index is 576. The molecule has 0 spiro atoms. The van der Waals surface area contributed by atoms with Gasteiger partial charge < -0.3 is 5.32 Å². The highest BCUT2D eigenvalue weighted by Crippen LogP contribution is 2.24. The molecule has 1 aromatic heterocycles. The van der Waals surface area contributed by atoms with Gasteiger partial charge in [-0.05, 0) is 38.5 Å². The summed E-state index contributed by atoms with van der Waals surface area (Å²) in [6.07, 6.45) is 0. The van der Waals surface area contributed by atoms with Crippen molar-refractivity contribution in [3.05, 3.63) is 59.8 Å². The third-order valence-electron chi connectivity index (χ3n) is 3.19. The second-order valence-electron chi connectivity index (χ2n) is 5.11. The van der Waals surface area contributed by atoms with Crippen molar-refractivity contribution in [3.63, 3.8) is 0 Å². The fourth-order valence-electron chi connectivity index (χ4n) is 1.87. The molecule has 2 aromatic rings. The van der Waals surface area contributed by atoms with Crippen molar-refractivity contribution in [1.29, 1.82) is 0 Å². The fourth-order valence-corrected chi connectivity index (χ4v) is 1.87. The van der Waals surface area contributed by atoms with Crippen LogP contribution >= 0.6 is 0 Å². The van der Waals surface area contributed by atoms with Crippen LogP contribution in [0.4, 0.5) is 5.82 Å². The minimum atomic E-state index is -0.591. The Morgan fingerprint density at radius 2 is 1.74 bits per heavy atom. The van der Waals surface area contributed by atoms with Crippen molar-refractivity contribution < 1.29 is 4.79 Å². The predicted octanol–water partition coefficient (Wildman–Crippen LogP) is 3.31. The van der Waals surface area contributed by atoms with Gasteiger partial charge in [0, 0.05) is 5.69 Å². The van der Waals surface area contributed by atoms with Crippen LogP contribution < -0.4 is 5.32 Å². The average molecular weight is 254 g/mol. The summed E-state index contributed by atoms with van der Waals surface area (Å²) in [5, 5.41) is 2.87. The van der Waals surface area contributed by atoms with Crippen LogP contribution in [0.25, 0.3) is 0 Å². The molecule has 0 aliphatic rings. The number of carbonyl (C=O) groups excluding carboxylic acids is 1. The predicted molar refractivity (Wildman–Crippen MR) is 77.1 cm³/mol. The van der Waals surface area contributed by atoms with Crippen LogP contribution in [-0.2, 0) is 10.2 Å². The molecule has 3 heteroatoms. The van der Waals surface area contributed by atoms with Crippen LogP contribution in [0.3, 0.4) is 0 Å². The molecule has 1 heterocycles. The van der Waals surface area contributed by atoms with E-state index in [4.69, 9.17) is 0 Å². The molecule has 0 fully saturated rings. The number of aromatic nitrogens is 1. The first kappa shape index (κ1) is 13.3. The first-order valence-electron chi connectivity index (χ1n) is 6.31. The van der Waals surface area contributed by atoms with Gasteiger partial charge in [-0.2, -0.15) is 0 Å². The lowest BCUT2D eigenvalue weighted by molar-refractivity contribution is -0.120. The molecule has 0 unspecified atom stereocenters. The highest BCUT2D eigenvalue weighted by atomic mass is 16.2. The summed E-state index contributed by atoms with van der Waals surface area (Å²) in [4.78, 5) is 16.7. The molecular weight excluding hydrogens is 236 g/mol. The maximum atomic E-state index is 12.4. The number of rotatable bonds is 3. The van der Waals surface area contributed by atoms with Crippen LogP contribution in [0, 0.1) is 6.92 Å². The normalized spacial score (nSPS) is 11.1. The molecule has 0 saturated heterocycles. The average Bonchev–Trinajstić information content (AvgIpc) is 2.39.